The Morgan fingerprint density at radius 2 is 1.89 bits per heavy atom. The molecule has 0 bridgehead atoms. The second-order valence-corrected chi connectivity index (χ2v) is 5.36. The first-order chi connectivity index (χ1) is 8.31. The van der Waals surface area contributed by atoms with Crippen LogP contribution in [0, 0.1) is 6.92 Å². The molecule has 0 radical (unpaired) electrons. The van der Waals surface area contributed by atoms with Crippen molar-refractivity contribution < 1.29 is 14.3 Å². The lowest BCUT2D eigenvalue weighted by Crippen LogP contribution is -2.16. The molecule has 0 N–H and O–H groups in total. The van der Waals surface area contributed by atoms with Crippen LogP contribution in [-0.4, -0.2) is 19.7 Å². The van der Waals surface area contributed by atoms with E-state index in [9.17, 15) is 4.79 Å². The zero-order valence-corrected chi connectivity index (χ0v) is 12.1. The Morgan fingerprint density at radius 3 is 2.33 bits per heavy atom. The minimum absolute atomic E-state index is 0.0847. The average Bonchev–Trinajstić information content (AvgIpc) is 2.27. The summed E-state index contributed by atoms with van der Waals surface area (Å²) in [5, 5.41) is 0. The molecule has 3 heteroatoms. The fourth-order valence-electron chi connectivity index (χ4n) is 1.91. The van der Waals surface area contributed by atoms with E-state index in [-0.39, 0.29) is 11.4 Å². The summed E-state index contributed by atoms with van der Waals surface area (Å²) in [6.07, 6.45) is 0. The molecule has 0 atom stereocenters. The number of esters is 1. The molecular formula is C15H22O3. The van der Waals surface area contributed by atoms with Gasteiger partial charge in [0.25, 0.3) is 0 Å². The molecule has 0 saturated carbocycles. The number of carbonyl (C=O) groups excluding carboxylic acids is 1. The number of methoxy groups -OCH3 is 1. The number of ether oxygens (including phenoxy) is 2. The smallest absolute Gasteiger partial charge is 0.341 e. The second kappa shape index (κ2) is 5.42. The van der Waals surface area contributed by atoms with E-state index >= 15 is 0 Å². The van der Waals surface area contributed by atoms with Crippen molar-refractivity contribution >= 4 is 5.97 Å². The molecule has 1 rings (SSSR count). The third kappa shape index (κ3) is 3.03. The van der Waals surface area contributed by atoms with Crippen LogP contribution in [0.3, 0.4) is 0 Å². The summed E-state index contributed by atoms with van der Waals surface area (Å²) in [5.41, 5.74) is 2.47. The highest BCUT2D eigenvalue weighted by Crippen LogP contribution is 2.35. The summed E-state index contributed by atoms with van der Waals surface area (Å²) in [4.78, 5) is 12.0. The molecule has 0 unspecified atom stereocenters. The van der Waals surface area contributed by atoms with E-state index in [1.807, 2.05) is 13.0 Å². The van der Waals surface area contributed by atoms with Crippen LogP contribution < -0.4 is 4.74 Å². The van der Waals surface area contributed by atoms with Gasteiger partial charge in [0, 0.05) is 5.56 Å². The van der Waals surface area contributed by atoms with Crippen LogP contribution in [0.1, 0.15) is 49.2 Å². The summed E-state index contributed by atoms with van der Waals surface area (Å²) in [6.45, 7) is 10.4. The Bertz CT molecular complexity index is 442. The van der Waals surface area contributed by atoms with Gasteiger partial charge in [-0.3, -0.25) is 0 Å². The minimum atomic E-state index is -0.330. The molecular weight excluding hydrogens is 228 g/mol. The molecule has 0 spiro atoms. The zero-order valence-electron chi connectivity index (χ0n) is 12.1. The average molecular weight is 250 g/mol. The highest BCUT2D eigenvalue weighted by atomic mass is 16.5. The number of carbonyl (C=O) groups is 1. The summed E-state index contributed by atoms with van der Waals surface area (Å²) >= 11 is 0. The molecule has 0 heterocycles. The first kappa shape index (κ1) is 14.6. The van der Waals surface area contributed by atoms with Crippen molar-refractivity contribution in [2.75, 3.05) is 13.7 Å². The van der Waals surface area contributed by atoms with E-state index in [4.69, 9.17) is 9.47 Å². The molecule has 0 saturated heterocycles. The molecule has 100 valence electrons. The van der Waals surface area contributed by atoms with Gasteiger partial charge in [0.2, 0.25) is 0 Å². The number of benzene rings is 1. The van der Waals surface area contributed by atoms with Crippen molar-refractivity contribution in [3.05, 3.63) is 28.8 Å². The van der Waals surface area contributed by atoms with Crippen molar-refractivity contribution in [2.24, 2.45) is 0 Å². The maximum Gasteiger partial charge on any atom is 0.341 e. The molecule has 0 amide bonds. The first-order valence-electron chi connectivity index (χ1n) is 6.17. The molecule has 0 aliphatic rings. The second-order valence-electron chi connectivity index (χ2n) is 5.36. The fourth-order valence-corrected chi connectivity index (χ4v) is 1.91. The van der Waals surface area contributed by atoms with Gasteiger partial charge in [0.05, 0.1) is 13.7 Å². The maximum atomic E-state index is 12.0. The Labute approximate surface area is 109 Å². The highest BCUT2D eigenvalue weighted by molar-refractivity contribution is 5.93. The van der Waals surface area contributed by atoms with Gasteiger partial charge >= 0.3 is 5.97 Å². The maximum absolute atomic E-state index is 12.0. The van der Waals surface area contributed by atoms with Crippen LogP contribution in [0.15, 0.2) is 12.1 Å². The van der Waals surface area contributed by atoms with Crippen molar-refractivity contribution in [1.29, 1.82) is 0 Å². The normalized spacial score (nSPS) is 11.2. The van der Waals surface area contributed by atoms with E-state index in [0.717, 1.165) is 11.1 Å². The van der Waals surface area contributed by atoms with Crippen molar-refractivity contribution in [1.82, 2.24) is 0 Å². The van der Waals surface area contributed by atoms with Gasteiger partial charge in [-0.25, -0.2) is 4.79 Å². The van der Waals surface area contributed by atoms with Gasteiger partial charge < -0.3 is 9.47 Å². The zero-order chi connectivity index (χ0) is 13.9. The standard InChI is InChI=1S/C15H22O3/c1-7-18-14(16)11-8-10(2)9-12(13(11)17-6)15(3,4)5/h8-9H,7H2,1-6H3. The molecule has 0 fully saturated rings. The fraction of sp³-hybridized carbons (Fsp3) is 0.533. The summed E-state index contributed by atoms with van der Waals surface area (Å²) < 4.78 is 10.5. The third-order valence-electron chi connectivity index (χ3n) is 2.74. The van der Waals surface area contributed by atoms with Crippen LogP contribution in [0.4, 0.5) is 0 Å². The van der Waals surface area contributed by atoms with Crippen LogP contribution in [-0.2, 0) is 10.2 Å². The predicted molar refractivity (Wildman–Crippen MR) is 72.4 cm³/mol. The van der Waals surface area contributed by atoms with Crippen molar-refractivity contribution in [2.45, 2.75) is 40.0 Å². The summed E-state index contributed by atoms with van der Waals surface area (Å²) in [6, 6.07) is 3.87. The quantitative estimate of drug-likeness (QED) is 0.770. The molecule has 3 nitrogen and oxygen atoms in total. The Hall–Kier alpha value is -1.51. The van der Waals surface area contributed by atoms with Gasteiger partial charge in [-0.2, -0.15) is 0 Å². The predicted octanol–water partition coefficient (Wildman–Crippen LogP) is 3.48. The highest BCUT2D eigenvalue weighted by Gasteiger charge is 2.24. The third-order valence-corrected chi connectivity index (χ3v) is 2.74. The van der Waals surface area contributed by atoms with Crippen molar-refractivity contribution in [3.8, 4) is 5.75 Å². The number of rotatable bonds is 3. The van der Waals surface area contributed by atoms with Gasteiger partial charge in [0.1, 0.15) is 11.3 Å². The lowest BCUT2D eigenvalue weighted by molar-refractivity contribution is 0.0522. The molecule has 18 heavy (non-hydrogen) atoms. The van der Waals surface area contributed by atoms with E-state index in [0.29, 0.717) is 17.9 Å². The Morgan fingerprint density at radius 1 is 1.28 bits per heavy atom. The number of aryl methyl sites for hydroxylation is 1. The van der Waals surface area contributed by atoms with E-state index in [2.05, 4.69) is 26.8 Å². The number of hydrogen-bond donors (Lipinski definition) is 0. The molecule has 1 aromatic carbocycles. The first-order valence-corrected chi connectivity index (χ1v) is 6.17. The summed E-state index contributed by atoms with van der Waals surface area (Å²) in [7, 11) is 1.59. The number of hydrogen-bond acceptors (Lipinski definition) is 3. The largest absolute Gasteiger partial charge is 0.496 e. The monoisotopic (exact) mass is 250 g/mol. The van der Waals surface area contributed by atoms with Gasteiger partial charge in [0.15, 0.2) is 0 Å². The van der Waals surface area contributed by atoms with E-state index in [1.165, 1.54) is 0 Å². The van der Waals surface area contributed by atoms with E-state index < -0.39 is 0 Å². The Kier molecular flexibility index (Phi) is 4.38. The lowest BCUT2D eigenvalue weighted by atomic mass is 9.84. The van der Waals surface area contributed by atoms with Gasteiger partial charge in [-0.05, 0) is 30.9 Å². The summed E-state index contributed by atoms with van der Waals surface area (Å²) in [5.74, 6) is 0.287. The molecule has 1 aromatic rings. The van der Waals surface area contributed by atoms with Crippen LogP contribution in [0.25, 0.3) is 0 Å². The minimum Gasteiger partial charge on any atom is -0.496 e. The molecule has 0 aliphatic heterocycles. The van der Waals surface area contributed by atoms with Crippen LogP contribution in [0.2, 0.25) is 0 Å². The topological polar surface area (TPSA) is 35.5 Å². The van der Waals surface area contributed by atoms with Gasteiger partial charge in [-0.15, -0.1) is 0 Å². The SMILES string of the molecule is CCOC(=O)c1cc(C)cc(C(C)(C)C)c1OC. The molecule has 0 aliphatic carbocycles. The van der Waals surface area contributed by atoms with Crippen molar-refractivity contribution in [3.63, 3.8) is 0 Å². The lowest BCUT2D eigenvalue weighted by Gasteiger charge is -2.24. The van der Waals surface area contributed by atoms with Gasteiger partial charge in [-0.1, -0.05) is 26.8 Å². The van der Waals surface area contributed by atoms with E-state index in [1.54, 1.807) is 14.0 Å². The Balaban J connectivity index is 3.43. The van der Waals surface area contributed by atoms with Crippen LogP contribution in [0.5, 0.6) is 5.75 Å². The van der Waals surface area contributed by atoms with Crippen LogP contribution >= 0.6 is 0 Å². The molecule has 0 aromatic heterocycles.